The van der Waals surface area contributed by atoms with E-state index >= 15 is 0 Å². The first kappa shape index (κ1) is 15.9. The minimum atomic E-state index is -0.358. The second-order valence-corrected chi connectivity index (χ2v) is 6.42. The van der Waals surface area contributed by atoms with Crippen LogP contribution in [0, 0.1) is 11.5 Å². The van der Waals surface area contributed by atoms with Crippen LogP contribution in [-0.4, -0.2) is 64.7 Å². The Morgan fingerprint density at radius 1 is 1.24 bits per heavy atom. The molecule has 1 amide bonds. The number of carbonyl (C=O) groups excluding carboxylic acids is 1. The first-order valence-corrected chi connectivity index (χ1v) is 8.33. The molecule has 0 unspecified atom stereocenters. The highest BCUT2D eigenvalue weighted by Gasteiger charge is 2.40. The van der Waals surface area contributed by atoms with Gasteiger partial charge >= 0.3 is 6.01 Å². The SMILES string of the molecule is N#CN1CCN2CCN(c3nnc(-c4cccc(Cl)c4)o3)C(=O)[C@H]2C1. The van der Waals surface area contributed by atoms with Crippen molar-refractivity contribution in [2.24, 2.45) is 0 Å². The molecule has 128 valence electrons. The van der Waals surface area contributed by atoms with E-state index < -0.39 is 0 Å². The van der Waals surface area contributed by atoms with Crippen molar-refractivity contribution in [2.75, 3.05) is 37.6 Å². The van der Waals surface area contributed by atoms with E-state index in [9.17, 15) is 4.79 Å². The van der Waals surface area contributed by atoms with Crippen LogP contribution in [-0.2, 0) is 4.79 Å². The molecule has 8 nitrogen and oxygen atoms in total. The number of anilines is 1. The molecule has 3 heterocycles. The Morgan fingerprint density at radius 2 is 2.08 bits per heavy atom. The average molecular weight is 359 g/mol. The van der Waals surface area contributed by atoms with Crippen LogP contribution in [0.25, 0.3) is 11.5 Å². The number of nitrogens with zero attached hydrogens (tertiary/aromatic N) is 6. The molecule has 4 rings (SSSR count). The minimum Gasteiger partial charge on any atom is -0.403 e. The molecule has 0 radical (unpaired) electrons. The van der Waals surface area contributed by atoms with Crippen LogP contribution in [0.5, 0.6) is 0 Å². The van der Waals surface area contributed by atoms with E-state index in [1.54, 1.807) is 23.1 Å². The Balaban J connectivity index is 1.56. The molecule has 2 saturated heterocycles. The van der Waals surface area contributed by atoms with Gasteiger partial charge in [0.15, 0.2) is 6.19 Å². The summed E-state index contributed by atoms with van der Waals surface area (Å²) in [6, 6.07) is 6.91. The van der Waals surface area contributed by atoms with Crippen LogP contribution in [0.2, 0.25) is 5.02 Å². The molecule has 0 aliphatic carbocycles. The van der Waals surface area contributed by atoms with Crippen molar-refractivity contribution in [1.29, 1.82) is 5.26 Å². The number of amides is 1. The molecular weight excluding hydrogens is 344 g/mol. The summed E-state index contributed by atoms with van der Waals surface area (Å²) < 4.78 is 5.69. The van der Waals surface area contributed by atoms with Crippen LogP contribution >= 0.6 is 11.6 Å². The maximum atomic E-state index is 12.8. The topological polar surface area (TPSA) is 89.5 Å². The van der Waals surface area contributed by atoms with Crippen LogP contribution in [0.15, 0.2) is 28.7 Å². The summed E-state index contributed by atoms with van der Waals surface area (Å²) in [5.74, 6) is 0.197. The van der Waals surface area contributed by atoms with Gasteiger partial charge in [0.25, 0.3) is 0 Å². The summed E-state index contributed by atoms with van der Waals surface area (Å²) in [6.45, 7) is 2.94. The molecule has 1 atom stereocenters. The lowest BCUT2D eigenvalue weighted by atomic mass is 10.1. The number of fused-ring (bicyclic) bond motifs is 1. The lowest BCUT2D eigenvalue weighted by molar-refractivity contribution is -0.128. The maximum Gasteiger partial charge on any atom is 0.325 e. The van der Waals surface area contributed by atoms with Crippen molar-refractivity contribution in [3.8, 4) is 17.6 Å². The van der Waals surface area contributed by atoms with Gasteiger partial charge in [-0.15, -0.1) is 5.10 Å². The van der Waals surface area contributed by atoms with Crippen molar-refractivity contribution in [2.45, 2.75) is 6.04 Å². The smallest absolute Gasteiger partial charge is 0.325 e. The zero-order chi connectivity index (χ0) is 17.4. The number of benzene rings is 1. The van der Waals surface area contributed by atoms with E-state index in [4.69, 9.17) is 21.3 Å². The van der Waals surface area contributed by atoms with Crippen LogP contribution < -0.4 is 4.90 Å². The molecule has 2 aliphatic heterocycles. The molecule has 0 saturated carbocycles. The Morgan fingerprint density at radius 3 is 2.88 bits per heavy atom. The van der Waals surface area contributed by atoms with Crippen LogP contribution in [0.4, 0.5) is 6.01 Å². The molecule has 2 aromatic rings. The third-order valence-corrected chi connectivity index (χ3v) is 4.75. The lowest BCUT2D eigenvalue weighted by Gasteiger charge is -2.43. The Kier molecular flexibility index (Phi) is 4.03. The Labute approximate surface area is 149 Å². The molecule has 9 heteroatoms. The average Bonchev–Trinajstić information content (AvgIpc) is 3.12. The lowest BCUT2D eigenvalue weighted by Crippen LogP contribution is -2.64. The number of aromatic nitrogens is 2. The normalized spacial score (nSPS) is 21.1. The van der Waals surface area contributed by atoms with Gasteiger partial charge in [-0.2, -0.15) is 5.26 Å². The molecule has 2 fully saturated rings. The van der Waals surface area contributed by atoms with Gasteiger partial charge in [0.2, 0.25) is 11.8 Å². The van der Waals surface area contributed by atoms with Gasteiger partial charge in [0.1, 0.15) is 6.04 Å². The fourth-order valence-corrected chi connectivity index (χ4v) is 3.37. The summed E-state index contributed by atoms with van der Waals surface area (Å²) in [7, 11) is 0. The van der Waals surface area contributed by atoms with Gasteiger partial charge in [0, 0.05) is 36.8 Å². The standard InChI is InChI=1S/C16H15ClN6O2/c17-12-3-1-2-11(8-12)14-19-20-16(25-14)23-7-6-22-5-4-21(10-18)9-13(22)15(23)24/h1-3,8,13H,4-7,9H2/t13-/m1/s1. The van der Waals surface area contributed by atoms with E-state index in [1.165, 1.54) is 4.90 Å². The number of nitriles is 1. The summed E-state index contributed by atoms with van der Waals surface area (Å²) in [5, 5.41) is 17.7. The zero-order valence-electron chi connectivity index (χ0n) is 13.3. The van der Waals surface area contributed by atoms with Gasteiger partial charge < -0.3 is 9.32 Å². The van der Waals surface area contributed by atoms with E-state index in [0.29, 0.717) is 49.2 Å². The van der Waals surface area contributed by atoms with Gasteiger partial charge in [-0.1, -0.05) is 22.8 Å². The second-order valence-electron chi connectivity index (χ2n) is 5.99. The number of piperazine rings is 2. The van der Waals surface area contributed by atoms with Crippen LogP contribution in [0.3, 0.4) is 0 Å². The highest BCUT2D eigenvalue weighted by Crippen LogP contribution is 2.26. The first-order valence-electron chi connectivity index (χ1n) is 7.95. The van der Waals surface area contributed by atoms with Gasteiger partial charge in [-0.05, 0) is 18.2 Å². The molecule has 1 aromatic carbocycles. The molecule has 0 spiro atoms. The van der Waals surface area contributed by atoms with Crippen molar-refractivity contribution < 1.29 is 9.21 Å². The number of halogens is 1. The van der Waals surface area contributed by atoms with Gasteiger partial charge in [-0.25, -0.2) is 0 Å². The highest BCUT2D eigenvalue weighted by molar-refractivity contribution is 6.30. The van der Waals surface area contributed by atoms with Crippen molar-refractivity contribution in [1.82, 2.24) is 20.0 Å². The Hall–Kier alpha value is -2.63. The summed E-state index contributed by atoms with van der Waals surface area (Å²) in [4.78, 5) is 18.0. The monoisotopic (exact) mass is 358 g/mol. The van der Waals surface area contributed by atoms with Crippen molar-refractivity contribution >= 4 is 23.5 Å². The molecule has 2 aliphatic rings. The van der Waals surface area contributed by atoms with E-state index in [2.05, 4.69) is 21.3 Å². The molecule has 0 N–H and O–H groups in total. The summed E-state index contributed by atoms with van der Waals surface area (Å²) in [6.07, 6.45) is 2.12. The van der Waals surface area contributed by atoms with E-state index in [-0.39, 0.29) is 18.0 Å². The molecule has 0 bridgehead atoms. The second kappa shape index (κ2) is 6.35. The fraction of sp³-hybridized carbons (Fsp3) is 0.375. The zero-order valence-corrected chi connectivity index (χ0v) is 14.1. The van der Waals surface area contributed by atoms with E-state index in [1.807, 2.05) is 6.07 Å². The third-order valence-electron chi connectivity index (χ3n) is 4.51. The third kappa shape index (κ3) is 2.92. The minimum absolute atomic E-state index is 0.118. The maximum absolute atomic E-state index is 12.8. The summed E-state index contributed by atoms with van der Waals surface area (Å²) in [5.41, 5.74) is 0.700. The Bertz CT molecular complexity index is 847. The highest BCUT2D eigenvalue weighted by atomic mass is 35.5. The van der Waals surface area contributed by atoms with Gasteiger partial charge in [-0.3, -0.25) is 14.6 Å². The predicted molar refractivity (Wildman–Crippen MR) is 89.6 cm³/mol. The van der Waals surface area contributed by atoms with Crippen molar-refractivity contribution in [3.63, 3.8) is 0 Å². The van der Waals surface area contributed by atoms with E-state index in [0.717, 1.165) is 0 Å². The first-order chi connectivity index (χ1) is 12.2. The number of hydrogen-bond acceptors (Lipinski definition) is 7. The van der Waals surface area contributed by atoms with Crippen molar-refractivity contribution in [3.05, 3.63) is 29.3 Å². The predicted octanol–water partition coefficient (Wildman–Crippen LogP) is 1.20. The largest absolute Gasteiger partial charge is 0.403 e. The summed E-state index contributed by atoms with van der Waals surface area (Å²) >= 11 is 5.99. The quantitative estimate of drug-likeness (QED) is 0.745. The number of carbonyl (C=O) groups is 1. The fourth-order valence-electron chi connectivity index (χ4n) is 3.18. The molecule has 25 heavy (non-hydrogen) atoms. The van der Waals surface area contributed by atoms with Gasteiger partial charge in [0.05, 0.1) is 6.54 Å². The number of rotatable bonds is 2. The van der Waals surface area contributed by atoms with Crippen LogP contribution in [0.1, 0.15) is 0 Å². The molecule has 1 aromatic heterocycles. The molecular formula is C16H15ClN6O2. The number of hydrogen-bond donors (Lipinski definition) is 0.